The van der Waals surface area contributed by atoms with Crippen LogP contribution < -0.4 is 20.1 Å². The fourth-order valence-corrected chi connectivity index (χ4v) is 4.84. The Morgan fingerprint density at radius 2 is 2.00 bits per heavy atom. The van der Waals surface area contributed by atoms with Crippen LogP contribution in [0, 0.1) is 0 Å². The first-order valence-electron chi connectivity index (χ1n) is 9.51. The molecule has 2 atom stereocenters. The van der Waals surface area contributed by atoms with Crippen LogP contribution in [0.4, 0.5) is 24.7 Å². The van der Waals surface area contributed by atoms with Crippen molar-refractivity contribution < 1.29 is 27.4 Å². The summed E-state index contributed by atoms with van der Waals surface area (Å²) in [6.07, 6.45) is -4.89. The van der Waals surface area contributed by atoms with Gasteiger partial charge in [-0.25, -0.2) is 4.68 Å². The van der Waals surface area contributed by atoms with Crippen LogP contribution in [0.25, 0.3) is 0 Å². The first kappa shape index (κ1) is 23.5. The molecule has 0 saturated carbocycles. The second kappa shape index (κ2) is 8.96. The highest BCUT2D eigenvalue weighted by Crippen LogP contribution is 2.47. The summed E-state index contributed by atoms with van der Waals surface area (Å²) in [5, 5.41) is 11.3. The molecule has 0 fully saturated rings. The number of hydrogen-bond donors (Lipinski definition) is 2. The molecule has 0 bridgehead atoms. The number of alkyl halides is 3. The molecular weight excluding hydrogens is 504 g/mol. The van der Waals surface area contributed by atoms with Crippen molar-refractivity contribution in [1.82, 2.24) is 9.78 Å². The number of amides is 1. The van der Waals surface area contributed by atoms with Crippen LogP contribution in [0.3, 0.4) is 0 Å². The van der Waals surface area contributed by atoms with E-state index in [0.29, 0.717) is 0 Å². The van der Waals surface area contributed by atoms with Crippen molar-refractivity contribution in [3.8, 4) is 11.5 Å². The molecule has 176 valence electrons. The number of carbonyl (C=O) groups excluding carboxylic acids is 1. The standard InChI is InChI=1S/C20H17Cl2F3N4O3S/c1-31-12-7-10(13(32-2)6-9(12)21)27-19(30)17-16(22)18-26-11(14-4-3-5-33-14)8-15(20(23,24)25)29(18)28-17/h3-7,11,15,26H,8H2,1-2H3,(H,27,30)/t11-,15-/m1/s1. The van der Waals surface area contributed by atoms with E-state index in [-0.39, 0.29) is 45.2 Å². The number of benzene rings is 1. The smallest absolute Gasteiger partial charge is 0.410 e. The van der Waals surface area contributed by atoms with Crippen molar-refractivity contribution in [1.29, 1.82) is 0 Å². The average Bonchev–Trinajstić information content (AvgIpc) is 3.42. The molecule has 0 spiro atoms. The number of fused-ring (bicyclic) bond motifs is 1. The molecule has 0 aliphatic carbocycles. The van der Waals surface area contributed by atoms with Gasteiger partial charge in [-0.05, 0) is 11.4 Å². The number of rotatable bonds is 5. The Morgan fingerprint density at radius 3 is 2.61 bits per heavy atom. The summed E-state index contributed by atoms with van der Waals surface area (Å²) in [5.41, 5.74) is -0.182. The van der Waals surface area contributed by atoms with Gasteiger partial charge in [-0.15, -0.1) is 11.3 Å². The Labute approximate surface area is 200 Å². The molecule has 2 N–H and O–H groups in total. The van der Waals surface area contributed by atoms with Crippen LogP contribution in [-0.2, 0) is 0 Å². The third-order valence-corrected chi connectivity index (χ3v) is 6.76. The summed E-state index contributed by atoms with van der Waals surface area (Å²) in [5.74, 6) is -0.409. The van der Waals surface area contributed by atoms with Crippen molar-refractivity contribution in [3.63, 3.8) is 0 Å². The number of nitrogens with one attached hydrogen (secondary N) is 2. The minimum absolute atomic E-state index is 0.0746. The van der Waals surface area contributed by atoms with Gasteiger partial charge in [-0.1, -0.05) is 29.3 Å². The predicted octanol–water partition coefficient (Wildman–Crippen LogP) is 6.18. The molecule has 13 heteroatoms. The van der Waals surface area contributed by atoms with Crippen LogP contribution in [0.1, 0.15) is 33.9 Å². The largest absolute Gasteiger partial charge is 0.495 e. The molecule has 7 nitrogen and oxygen atoms in total. The molecule has 0 radical (unpaired) electrons. The molecule has 33 heavy (non-hydrogen) atoms. The van der Waals surface area contributed by atoms with Crippen molar-refractivity contribution in [3.05, 3.63) is 50.3 Å². The number of nitrogens with zero attached hydrogens (tertiary/aromatic N) is 2. The van der Waals surface area contributed by atoms with Crippen molar-refractivity contribution >= 4 is 52.0 Å². The molecule has 3 aromatic rings. The van der Waals surface area contributed by atoms with Gasteiger partial charge in [0.15, 0.2) is 11.7 Å². The van der Waals surface area contributed by atoms with E-state index in [1.807, 2.05) is 0 Å². The molecular formula is C20H17Cl2F3N4O3S. The molecule has 2 aromatic heterocycles. The fraction of sp³-hybridized carbons (Fsp3) is 0.300. The summed E-state index contributed by atoms with van der Waals surface area (Å²) in [6, 6.07) is 3.77. The van der Waals surface area contributed by atoms with Crippen LogP contribution >= 0.6 is 34.5 Å². The molecule has 1 aromatic carbocycles. The highest BCUT2D eigenvalue weighted by molar-refractivity contribution is 7.10. The van der Waals surface area contributed by atoms with E-state index >= 15 is 0 Å². The summed E-state index contributed by atoms with van der Waals surface area (Å²) >= 11 is 13.8. The van der Waals surface area contributed by atoms with E-state index < -0.39 is 24.2 Å². The number of ether oxygens (including phenoxy) is 2. The first-order valence-corrected chi connectivity index (χ1v) is 11.1. The van der Waals surface area contributed by atoms with Crippen molar-refractivity contribution in [2.24, 2.45) is 0 Å². The maximum atomic E-state index is 13.9. The molecule has 0 unspecified atom stereocenters. The quantitative estimate of drug-likeness (QED) is 0.419. The van der Waals surface area contributed by atoms with Crippen LogP contribution in [0.2, 0.25) is 10.0 Å². The molecule has 1 amide bonds. The van der Waals surface area contributed by atoms with Gasteiger partial charge >= 0.3 is 6.18 Å². The summed E-state index contributed by atoms with van der Waals surface area (Å²) < 4.78 is 52.7. The monoisotopic (exact) mass is 520 g/mol. The molecule has 4 rings (SSSR count). The number of halogens is 5. The van der Waals surface area contributed by atoms with Gasteiger partial charge in [0.2, 0.25) is 0 Å². The lowest BCUT2D eigenvalue weighted by Crippen LogP contribution is -2.35. The highest BCUT2D eigenvalue weighted by atomic mass is 35.5. The van der Waals surface area contributed by atoms with Gasteiger partial charge in [-0.3, -0.25) is 4.79 Å². The lowest BCUT2D eigenvalue weighted by atomic mass is 10.0. The lowest BCUT2D eigenvalue weighted by molar-refractivity contribution is -0.173. The topological polar surface area (TPSA) is 77.4 Å². The second-order valence-electron chi connectivity index (χ2n) is 7.10. The number of aromatic nitrogens is 2. The van der Waals surface area contributed by atoms with Crippen LogP contribution in [0.5, 0.6) is 11.5 Å². The summed E-state index contributed by atoms with van der Waals surface area (Å²) in [6.45, 7) is 0. The second-order valence-corrected chi connectivity index (χ2v) is 8.87. The van der Waals surface area contributed by atoms with E-state index in [1.165, 1.54) is 37.7 Å². The average molecular weight is 521 g/mol. The van der Waals surface area contributed by atoms with Crippen LogP contribution in [0.15, 0.2) is 29.6 Å². The summed E-state index contributed by atoms with van der Waals surface area (Å²) in [4.78, 5) is 13.7. The van der Waals surface area contributed by atoms with Gasteiger partial charge in [0.1, 0.15) is 22.3 Å². The molecule has 0 saturated heterocycles. The Bertz CT molecular complexity index is 1180. The minimum atomic E-state index is -4.60. The Morgan fingerprint density at radius 1 is 1.27 bits per heavy atom. The Hall–Kier alpha value is -2.63. The SMILES string of the molecule is COc1cc(NC(=O)c2nn3c(c2Cl)N[C@@H](c2cccs2)C[C@@H]3C(F)(F)F)c(OC)cc1Cl. The normalized spacial score (nSPS) is 17.8. The maximum Gasteiger partial charge on any atom is 0.410 e. The zero-order chi connectivity index (χ0) is 23.9. The Balaban J connectivity index is 1.71. The van der Waals surface area contributed by atoms with Gasteiger partial charge in [0.25, 0.3) is 5.91 Å². The third kappa shape index (κ3) is 4.44. The molecule has 1 aliphatic rings. The number of hydrogen-bond acceptors (Lipinski definition) is 6. The zero-order valence-electron chi connectivity index (χ0n) is 17.2. The van der Waals surface area contributed by atoms with Crippen molar-refractivity contribution in [2.45, 2.75) is 24.7 Å². The minimum Gasteiger partial charge on any atom is -0.495 e. The van der Waals surface area contributed by atoms with E-state index in [2.05, 4.69) is 15.7 Å². The van der Waals surface area contributed by atoms with E-state index in [0.717, 1.165) is 9.56 Å². The van der Waals surface area contributed by atoms with Crippen molar-refractivity contribution in [2.75, 3.05) is 24.9 Å². The number of anilines is 2. The van der Waals surface area contributed by atoms with Crippen LogP contribution in [-0.4, -0.2) is 36.1 Å². The third-order valence-electron chi connectivity index (χ3n) is 5.12. The lowest BCUT2D eigenvalue weighted by Gasteiger charge is -2.32. The van der Waals surface area contributed by atoms with E-state index in [4.69, 9.17) is 32.7 Å². The van der Waals surface area contributed by atoms with E-state index in [1.54, 1.807) is 17.5 Å². The summed E-state index contributed by atoms with van der Waals surface area (Å²) in [7, 11) is 2.77. The van der Waals surface area contributed by atoms with Gasteiger partial charge in [0.05, 0.1) is 31.0 Å². The number of thiophene rings is 1. The number of methoxy groups -OCH3 is 2. The van der Waals surface area contributed by atoms with Gasteiger partial charge < -0.3 is 20.1 Å². The zero-order valence-corrected chi connectivity index (χ0v) is 19.5. The molecule has 3 heterocycles. The van der Waals surface area contributed by atoms with Gasteiger partial charge in [-0.2, -0.15) is 18.3 Å². The first-order chi connectivity index (χ1) is 15.6. The van der Waals surface area contributed by atoms with E-state index in [9.17, 15) is 18.0 Å². The fourth-order valence-electron chi connectivity index (χ4n) is 3.55. The predicted molar refractivity (Wildman–Crippen MR) is 120 cm³/mol. The van der Waals surface area contributed by atoms with Gasteiger partial charge in [0, 0.05) is 23.4 Å². The highest BCUT2D eigenvalue weighted by Gasteiger charge is 2.48. The molecule has 1 aliphatic heterocycles. The number of carbonyl (C=O) groups is 1. The maximum absolute atomic E-state index is 13.9. The Kier molecular flexibility index (Phi) is 6.39.